The Labute approximate surface area is 240 Å². The van der Waals surface area contributed by atoms with E-state index < -0.39 is 0 Å². The monoisotopic (exact) mass is 537 g/mol. The van der Waals surface area contributed by atoms with Crippen molar-refractivity contribution < 1.29 is 4.42 Å². The number of hydrogen-bond donors (Lipinski definition) is 0. The van der Waals surface area contributed by atoms with Gasteiger partial charge >= 0.3 is 0 Å². The maximum absolute atomic E-state index is 9.66. The summed E-state index contributed by atoms with van der Waals surface area (Å²) >= 11 is 0. The van der Waals surface area contributed by atoms with E-state index in [1.54, 1.807) is 0 Å². The van der Waals surface area contributed by atoms with Crippen LogP contribution in [0.3, 0.4) is 0 Å². The van der Waals surface area contributed by atoms with Gasteiger partial charge in [-0.05, 0) is 79.7 Å². The molecule has 3 heterocycles. The molecule has 0 atom stereocenters. The van der Waals surface area contributed by atoms with Gasteiger partial charge in [0, 0.05) is 43.7 Å². The average molecular weight is 538 g/mol. The van der Waals surface area contributed by atoms with Gasteiger partial charge in [0.15, 0.2) is 0 Å². The van der Waals surface area contributed by atoms with E-state index in [9.17, 15) is 5.26 Å². The largest absolute Gasteiger partial charge is 0.456 e. The number of nitrogens with zero attached hydrogens (tertiary/aromatic N) is 3. The van der Waals surface area contributed by atoms with Crippen LogP contribution >= 0.6 is 0 Å². The first-order valence-electron chi connectivity index (χ1n) is 14.1. The molecule has 0 saturated heterocycles. The molecule has 0 fully saturated rings. The third kappa shape index (κ3) is 3.11. The lowest BCUT2D eigenvalue weighted by Crippen LogP contribution is -1.96. The van der Waals surface area contributed by atoms with Gasteiger partial charge in [0.1, 0.15) is 11.2 Å². The summed E-state index contributed by atoms with van der Waals surface area (Å²) in [5, 5.41) is 16.6. The lowest BCUT2D eigenvalue weighted by molar-refractivity contribution is 0.669. The van der Waals surface area contributed by atoms with E-state index in [0.29, 0.717) is 5.56 Å². The minimum absolute atomic E-state index is 0.654. The molecule has 9 rings (SSSR count). The second-order valence-electron chi connectivity index (χ2n) is 11.0. The van der Waals surface area contributed by atoms with Crippen LogP contribution in [0.5, 0.6) is 0 Å². The Morgan fingerprint density at radius 3 is 1.83 bits per heavy atom. The number of rotatable bonds is 2. The Morgan fingerprint density at radius 1 is 0.500 bits per heavy atom. The fourth-order valence-corrected chi connectivity index (χ4v) is 6.71. The Morgan fingerprint density at radius 2 is 1.07 bits per heavy atom. The standard InChI is InChI=1S/C38H23N3O/c1-23-10-16-37-31(18-23)32-21-26(13-17-38(32)42-37)40-34-9-5-3-7-28(34)30-20-25(12-15-35(30)40)41-33-8-4-2-6-27(33)29-14-11-24(22-39)19-36(29)41/h2-21H,1H3. The van der Waals surface area contributed by atoms with Gasteiger partial charge in [-0.1, -0.05) is 54.1 Å². The van der Waals surface area contributed by atoms with Crippen molar-refractivity contribution in [2.75, 3.05) is 0 Å². The van der Waals surface area contributed by atoms with E-state index in [0.717, 1.165) is 60.8 Å². The van der Waals surface area contributed by atoms with Crippen molar-refractivity contribution in [3.63, 3.8) is 0 Å². The van der Waals surface area contributed by atoms with Crippen LogP contribution in [0.15, 0.2) is 126 Å². The fourth-order valence-electron chi connectivity index (χ4n) is 6.71. The summed E-state index contributed by atoms with van der Waals surface area (Å²) in [5.74, 6) is 0. The van der Waals surface area contributed by atoms with Crippen LogP contribution < -0.4 is 0 Å². The van der Waals surface area contributed by atoms with Crippen LogP contribution in [-0.2, 0) is 0 Å². The predicted octanol–water partition coefficient (Wildman–Crippen LogP) is 9.96. The van der Waals surface area contributed by atoms with Gasteiger partial charge in [0.2, 0.25) is 0 Å². The highest BCUT2D eigenvalue weighted by molar-refractivity contribution is 6.13. The summed E-state index contributed by atoms with van der Waals surface area (Å²) in [5.41, 5.74) is 10.3. The zero-order valence-corrected chi connectivity index (χ0v) is 22.8. The molecular formula is C38H23N3O. The van der Waals surface area contributed by atoms with Crippen LogP contribution in [0.2, 0.25) is 0 Å². The molecule has 0 unspecified atom stereocenters. The van der Waals surface area contributed by atoms with Gasteiger partial charge in [-0.15, -0.1) is 0 Å². The Bertz CT molecular complexity index is 2600. The van der Waals surface area contributed by atoms with E-state index in [1.165, 1.54) is 21.7 Å². The molecule has 42 heavy (non-hydrogen) atoms. The molecule has 0 aliphatic carbocycles. The summed E-state index contributed by atoms with van der Waals surface area (Å²) in [4.78, 5) is 0. The molecule has 0 aliphatic heterocycles. The minimum Gasteiger partial charge on any atom is -0.456 e. The second-order valence-corrected chi connectivity index (χ2v) is 11.0. The third-order valence-corrected chi connectivity index (χ3v) is 8.58. The maximum atomic E-state index is 9.66. The molecule has 0 N–H and O–H groups in total. The average Bonchev–Trinajstić information content (AvgIpc) is 3.67. The number of hydrogen-bond acceptors (Lipinski definition) is 2. The minimum atomic E-state index is 0.654. The van der Waals surface area contributed by atoms with Crippen LogP contribution in [-0.4, -0.2) is 9.13 Å². The number of fused-ring (bicyclic) bond motifs is 9. The summed E-state index contributed by atoms with van der Waals surface area (Å²) in [6.45, 7) is 2.12. The van der Waals surface area contributed by atoms with E-state index in [-0.39, 0.29) is 0 Å². The number of aryl methyl sites for hydroxylation is 1. The van der Waals surface area contributed by atoms with E-state index in [4.69, 9.17) is 4.42 Å². The molecule has 4 nitrogen and oxygen atoms in total. The van der Waals surface area contributed by atoms with Crippen molar-refractivity contribution in [1.82, 2.24) is 9.13 Å². The molecule has 6 aromatic carbocycles. The predicted molar refractivity (Wildman–Crippen MR) is 172 cm³/mol. The molecule has 9 aromatic rings. The quantitative estimate of drug-likeness (QED) is 0.220. The summed E-state index contributed by atoms with van der Waals surface area (Å²) < 4.78 is 10.8. The zero-order chi connectivity index (χ0) is 27.9. The number of benzene rings is 6. The number of nitriles is 1. The molecule has 196 valence electrons. The van der Waals surface area contributed by atoms with Gasteiger partial charge < -0.3 is 13.6 Å². The molecule has 4 heteroatoms. The highest BCUT2D eigenvalue weighted by atomic mass is 16.3. The van der Waals surface area contributed by atoms with Gasteiger partial charge in [-0.2, -0.15) is 5.26 Å². The fraction of sp³-hybridized carbons (Fsp3) is 0.0263. The van der Waals surface area contributed by atoms with Crippen molar-refractivity contribution in [2.45, 2.75) is 6.92 Å². The Balaban J connectivity index is 1.33. The molecule has 0 aliphatic rings. The second kappa shape index (κ2) is 8.36. The maximum Gasteiger partial charge on any atom is 0.135 e. The van der Waals surface area contributed by atoms with Gasteiger partial charge in [0.05, 0.1) is 33.7 Å². The lowest BCUT2D eigenvalue weighted by atomic mass is 10.1. The molecule has 0 saturated carbocycles. The van der Waals surface area contributed by atoms with Crippen molar-refractivity contribution in [1.29, 1.82) is 5.26 Å². The molecule has 0 radical (unpaired) electrons. The zero-order valence-electron chi connectivity index (χ0n) is 22.8. The number of para-hydroxylation sites is 2. The van der Waals surface area contributed by atoms with Gasteiger partial charge in [-0.25, -0.2) is 0 Å². The first kappa shape index (κ1) is 23.0. The van der Waals surface area contributed by atoms with Crippen LogP contribution in [0, 0.1) is 18.3 Å². The first-order chi connectivity index (χ1) is 20.7. The lowest BCUT2D eigenvalue weighted by Gasteiger charge is -2.10. The van der Waals surface area contributed by atoms with Crippen molar-refractivity contribution in [2.24, 2.45) is 0 Å². The number of aromatic nitrogens is 2. The molecule has 0 spiro atoms. The third-order valence-electron chi connectivity index (χ3n) is 8.58. The Hall–Kier alpha value is -5.79. The summed E-state index contributed by atoms with van der Waals surface area (Å²) in [6, 6.07) is 44.9. The number of furan rings is 1. The van der Waals surface area contributed by atoms with E-state index in [2.05, 4.69) is 131 Å². The Kier molecular flexibility index (Phi) is 4.57. The topological polar surface area (TPSA) is 46.8 Å². The molecular weight excluding hydrogens is 514 g/mol. The summed E-state index contributed by atoms with van der Waals surface area (Å²) in [7, 11) is 0. The van der Waals surface area contributed by atoms with Crippen molar-refractivity contribution in [3.8, 4) is 17.4 Å². The molecule has 0 amide bonds. The molecule has 3 aromatic heterocycles. The van der Waals surface area contributed by atoms with Gasteiger partial charge in [-0.3, -0.25) is 0 Å². The van der Waals surface area contributed by atoms with Gasteiger partial charge in [0.25, 0.3) is 0 Å². The van der Waals surface area contributed by atoms with Crippen LogP contribution in [0.4, 0.5) is 0 Å². The van der Waals surface area contributed by atoms with Crippen molar-refractivity contribution >= 4 is 65.6 Å². The SMILES string of the molecule is Cc1ccc2oc3ccc(-n4c5ccccc5c5cc(-n6c7ccccc7c7ccc(C#N)cc76)ccc54)cc3c2c1. The van der Waals surface area contributed by atoms with E-state index in [1.807, 2.05) is 12.1 Å². The highest BCUT2D eigenvalue weighted by Gasteiger charge is 2.17. The van der Waals surface area contributed by atoms with Crippen molar-refractivity contribution in [3.05, 3.63) is 132 Å². The van der Waals surface area contributed by atoms with E-state index >= 15 is 0 Å². The summed E-state index contributed by atoms with van der Waals surface area (Å²) in [6.07, 6.45) is 0. The normalized spacial score (nSPS) is 11.9. The van der Waals surface area contributed by atoms with Crippen LogP contribution in [0.25, 0.3) is 76.9 Å². The molecule has 0 bridgehead atoms. The first-order valence-corrected chi connectivity index (χ1v) is 14.1. The smallest absolute Gasteiger partial charge is 0.135 e. The highest BCUT2D eigenvalue weighted by Crippen LogP contribution is 2.38. The van der Waals surface area contributed by atoms with Crippen LogP contribution in [0.1, 0.15) is 11.1 Å².